The van der Waals surface area contributed by atoms with Crippen molar-refractivity contribution in [2.75, 3.05) is 13.1 Å². The summed E-state index contributed by atoms with van der Waals surface area (Å²) in [5.74, 6) is -0.689. The number of likely N-dealkylation sites (tertiary alicyclic amines) is 1. The third-order valence-corrected chi connectivity index (χ3v) is 5.12. The van der Waals surface area contributed by atoms with Gasteiger partial charge in [0, 0.05) is 30.9 Å². The van der Waals surface area contributed by atoms with Gasteiger partial charge < -0.3 is 13.9 Å². The highest BCUT2D eigenvalue weighted by Crippen LogP contribution is 2.32. The van der Waals surface area contributed by atoms with Crippen LogP contribution in [0.5, 0.6) is 0 Å². The van der Waals surface area contributed by atoms with Crippen molar-refractivity contribution < 1.29 is 18.0 Å². The topological polar surface area (TPSA) is 64.2 Å². The molecule has 4 heterocycles. The van der Waals surface area contributed by atoms with Crippen molar-refractivity contribution in [1.82, 2.24) is 19.4 Å². The molecule has 5 rings (SSSR count). The number of carbonyl (C=O) groups is 1. The van der Waals surface area contributed by atoms with E-state index in [4.69, 9.17) is 4.42 Å². The van der Waals surface area contributed by atoms with Crippen LogP contribution in [0.15, 0.2) is 59.3 Å². The van der Waals surface area contributed by atoms with Crippen molar-refractivity contribution in [1.29, 1.82) is 0 Å². The predicted molar refractivity (Wildman–Crippen MR) is 101 cm³/mol. The number of carbonyl (C=O) groups excluding carboxylic acids is 1. The Balaban J connectivity index is 1.49. The Kier molecular flexibility index (Phi) is 4.12. The Labute approximate surface area is 164 Å². The normalized spacial score (nSPS) is 16.6. The second-order valence-electron chi connectivity index (χ2n) is 6.98. The molecule has 29 heavy (non-hydrogen) atoms. The van der Waals surface area contributed by atoms with E-state index in [9.17, 15) is 13.6 Å². The number of pyridine rings is 1. The largest absolute Gasteiger partial charge is 0.461 e. The molecule has 1 unspecified atom stereocenters. The molecule has 1 aliphatic rings. The molecule has 0 radical (unpaired) electrons. The van der Waals surface area contributed by atoms with E-state index in [1.54, 1.807) is 23.4 Å². The number of aromatic nitrogens is 3. The van der Waals surface area contributed by atoms with Crippen LogP contribution in [0, 0.1) is 11.6 Å². The molecule has 0 aliphatic carbocycles. The van der Waals surface area contributed by atoms with Crippen LogP contribution in [-0.4, -0.2) is 38.4 Å². The maximum atomic E-state index is 13.5. The maximum absolute atomic E-state index is 13.5. The summed E-state index contributed by atoms with van der Waals surface area (Å²) in [7, 11) is 0. The van der Waals surface area contributed by atoms with Crippen LogP contribution in [0.4, 0.5) is 8.78 Å². The standard InChI is InChI=1S/C21H16F2N4O2/c22-14-9-13(10-15(23)11-14)21(28)26-7-5-16(12-26)27-19-17(3-1-6-24-19)25-20(27)18-4-2-8-29-18/h1-4,6,8-11,16H,5,7,12H2. The van der Waals surface area contributed by atoms with Crippen molar-refractivity contribution in [2.45, 2.75) is 12.5 Å². The van der Waals surface area contributed by atoms with Gasteiger partial charge in [0.25, 0.3) is 5.91 Å². The Morgan fingerprint density at radius 1 is 1.14 bits per heavy atom. The van der Waals surface area contributed by atoms with Gasteiger partial charge in [-0.05, 0) is 42.8 Å². The van der Waals surface area contributed by atoms with E-state index in [-0.39, 0.29) is 11.6 Å². The van der Waals surface area contributed by atoms with Crippen LogP contribution >= 0.6 is 0 Å². The number of hydrogen-bond acceptors (Lipinski definition) is 4. The number of imidazole rings is 1. The molecule has 6 nitrogen and oxygen atoms in total. The lowest BCUT2D eigenvalue weighted by molar-refractivity contribution is 0.0787. The predicted octanol–water partition coefficient (Wildman–Crippen LogP) is 4.06. The van der Waals surface area contributed by atoms with Gasteiger partial charge in [-0.25, -0.2) is 18.7 Å². The zero-order valence-corrected chi connectivity index (χ0v) is 15.3. The summed E-state index contributed by atoms with van der Waals surface area (Å²) in [4.78, 5) is 23.5. The van der Waals surface area contributed by atoms with Crippen molar-refractivity contribution in [3.05, 3.63) is 72.1 Å². The first-order valence-corrected chi connectivity index (χ1v) is 9.22. The second kappa shape index (κ2) is 6.80. The molecular weight excluding hydrogens is 378 g/mol. The van der Waals surface area contributed by atoms with E-state index < -0.39 is 17.5 Å². The average Bonchev–Trinajstić information content (AvgIpc) is 3.44. The van der Waals surface area contributed by atoms with Crippen LogP contribution in [0.2, 0.25) is 0 Å². The van der Waals surface area contributed by atoms with Gasteiger partial charge in [0.15, 0.2) is 17.2 Å². The highest BCUT2D eigenvalue weighted by molar-refractivity contribution is 5.94. The molecule has 1 fully saturated rings. The SMILES string of the molecule is O=C(c1cc(F)cc(F)c1)N1CCC(n2c(-c3ccco3)nc3cccnc32)C1. The smallest absolute Gasteiger partial charge is 0.254 e. The molecule has 4 aromatic rings. The van der Waals surface area contributed by atoms with Crippen LogP contribution in [0.3, 0.4) is 0 Å². The van der Waals surface area contributed by atoms with Gasteiger partial charge in [-0.15, -0.1) is 0 Å². The summed E-state index contributed by atoms with van der Waals surface area (Å²) in [5.41, 5.74) is 1.44. The lowest BCUT2D eigenvalue weighted by Gasteiger charge is -2.18. The monoisotopic (exact) mass is 394 g/mol. The summed E-state index contributed by atoms with van der Waals surface area (Å²) in [6.07, 6.45) is 3.94. The number of nitrogens with zero attached hydrogens (tertiary/aromatic N) is 4. The fraction of sp³-hybridized carbons (Fsp3) is 0.190. The number of benzene rings is 1. The molecule has 0 N–H and O–H groups in total. The van der Waals surface area contributed by atoms with Gasteiger partial charge in [-0.1, -0.05) is 0 Å². The number of fused-ring (bicyclic) bond motifs is 1. The van der Waals surface area contributed by atoms with Gasteiger partial charge in [0.1, 0.15) is 17.2 Å². The molecule has 8 heteroatoms. The Morgan fingerprint density at radius 3 is 2.72 bits per heavy atom. The minimum Gasteiger partial charge on any atom is -0.461 e. The van der Waals surface area contributed by atoms with E-state index in [2.05, 4.69) is 9.97 Å². The highest BCUT2D eigenvalue weighted by atomic mass is 19.1. The quantitative estimate of drug-likeness (QED) is 0.526. The first-order valence-electron chi connectivity index (χ1n) is 9.22. The molecule has 1 saturated heterocycles. The first kappa shape index (κ1) is 17.5. The highest BCUT2D eigenvalue weighted by Gasteiger charge is 2.32. The van der Waals surface area contributed by atoms with Gasteiger partial charge in [-0.2, -0.15) is 0 Å². The molecule has 1 aliphatic heterocycles. The van der Waals surface area contributed by atoms with Gasteiger partial charge in [0.2, 0.25) is 0 Å². The molecule has 146 valence electrons. The summed E-state index contributed by atoms with van der Waals surface area (Å²) in [6, 6.07) is 10.1. The van der Waals surface area contributed by atoms with Crippen LogP contribution in [0.1, 0.15) is 22.8 Å². The Hall–Kier alpha value is -3.55. The Bertz CT molecular complexity index is 1180. The van der Waals surface area contributed by atoms with Gasteiger partial charge in [-0.3, -0.25) is 4.79 Å². The van der Waals surface area contributed by atoms with E-state index in [1.165, 1.54) is 0 Å². The van der Waals surface area contributed by atoms with Crippen molar-refractivity contribution in [3.8, 4) is 11.6 Å². The molecule has 0 spiro atoms. The summed E-state index contributed by atoms with van der Waals surface area (Å²) < 4.78 is 34.6. The number of halogens is 2. The third-order valence-electron chi connectivity index (χ3n) is 5.12. The zero-order chi connectivity index (χ0) is 20.0. The molecule has 3 aromatic heterocycles. The van der Waals surface area contributed by atoms with E-state index in [1.807, 2.05) is 22.8 Å². The molecule has 1 amide bonds. The zero-order valence-electron chi connectivity index (χ0n) is 15.3. The van der Waals surface area contributed by atoms with Gasteiger partial charge in [0.05, 0.1) is 12.3 Å². The molecule has 1 aromatic carbocycles. The molecule has 0 bridgehead atoms. The van der Waals surface area contributed by atoms with Crippen LogP contribution in [0.25, 0.3) is 22.7 Å². The number of hydrogen-bond donors (Lipinski definition) is 0. The lowest BCUT2D eigenvalue weighted by Crippen LogP contribution is -2.29. The minimum absolute atomic E-state index is 0.00280. The lowest BCUT2D eigenvalue weighted by atomic mass is 10.2. The number of rotatable bonds is 3. The Morgan fingerprint density at radius 2 is 1.97 bits per heavy atom. The van der Waals surface area contributed by atoms with Crippen molar-refractivity contribution >= 4 is 17.1 Å². The fourth-order valence-corrected chi connectivity index (χ4v) is 3.85. The summed E-state index contributed by atoms with van der Waals surface area (Å²) in [5, 5.41) is 0. The van der Waals surface area contributed by atoms with Crippen molar-refractivity contribution in [2.24, 2.45) is 0 Å². The minimum atomic E-state index is -0.769. The number of furan rings is 1. The molecule has 1 atom stereocenters. The van der Waals surface area contributed by atoms with E-state index >= 15 is 0 Å². The maximum Gasteiger partial charge on any atom is 0.254 e. The summed E-state index contributed by atoms with van der Waals surface area (Å²) >= 11 is 0. The number of amides is 1. The fourth-order valence-electron chi connectivity index (χ4n) is 3.85. The van der Waals surface area contributed by atoms with E-state index in [0.717, 1.165) is 23.7 Å². The van der Waals surface area contributed by atoms with Crippen LogP contribution < -0.4 is 0 Å². The van der Waals surface area contributed by atoms with E-state index in [0.29, 0.717) is 36.7 Å². The summed E-state index contributed by atoms with van der Waals surface area (Å²) in [6.45, 7) is 0.846. The second-order valence-corrected chi connectivity index (χ2v) is 6.98. The first-order chi connectivity index (χ1) is 14.1. The third kappa shape index (κ3) is 3.06. The molecular formula is C21H16F2N4O2. The van der Waals surface area contributed by atoms with Crippen LogP contribution in [-0.2, 0) is 0 Å². The molecule has 0 saturated carbocycles. The average molecular weight is 394 g/mol. The van der Waals surface area contributed by atoms with Crippen molar-refractivity contribution in [3.63, 3.8) is 0 Å². The van der Waals surface area contributed by atoms with Gasteiger partial charge >= 0.3 is 0 Å².